The molecule has 6 heteroatoms. The van der Waals surface area contributed by atoms with Crippen LogP contribution in [-0.4, -0.2) is 45.9 Å². The fourth-order valence-corrected chi connectivity index (χ4v) is 2.94. The molecular weight excluding hydrogens is 260 g/mol. The normalized spacial score (nSPS) is 24.2. The average Bonchev–Trinajstić information content (AvgIpc) is 2.96. The Bertz CT molecular complexity index is 427. The molecule has 0 aromatic carbocycles. The van der Waals surface area contributed by atoms with Gasteiger partial charge in [-0.05, 0) is 26.7 Å². The molecule has 6 nitrogen and oxygen atoms in total. The Balaban J connectivity index is 1.96. The molecule has 0 spiro atoms. The predicted octanol–water partition coefficient (Wildman–Crippen LogP) is 0.757. The monoisotopic (exact) mass is 282 g/mol. The van der Waals surface area contributed by atoms with Gasteiger partial charge < -0.3 is 15.3 Å². The van der Waals surface area contributed by atoms with Gasteiger partial charge in [-0.1, -0.05) is 12.8 Å². The Morgan fingerprint density at radius 1 is 1.30 bits per heavy atom. The number of nitrogens with one attached hydrogen (secondary N) is 1. The van der Waals surface area contributed by atoms with Crippen molar-refractivity contribution >= 4 is 17.8 Å². The van der Waals surface area contributed by atoms with Crippen molar-refractivity contribution in [2.24, 2.45) is 5.92 Å². The first-order valence-electron chi connectivity index (χ1n) is 7.16. The molecule has 0 unspecified atom stereocenters. The maximum absolute atomic E-state index is 12.1. The molecule has 1 aliphatic carbocycles. The second-order valence-electron chi connectivity index (χ2n) is 6.30. The van der Waals surface area contributed by atoms with E-state index in [-0.39, 0.29) is 24.3 Å². The number of nitrogens with zero attached hydrogens (tertiary/aromatic N) is 1. The van der Waals surface area contributed by atoms with E-state index in [1.165, 1.54) is 13.8 Å². The van der Waals surface area contributed by atoms with Gasteiger partial charge in [0.2, 0.25) is 11.8 Å². The van der Waals surface area contributed by atoms with Crippen LogP contribution in [-0.2, 0) is 14.4 Å². The van der Waals surface area contributed by atoms with Crippen LogP contribution < -0.4 is 5.32 Å². The third kappa shape index (κ3) is 2.94. The molecule has 2 aliphatic rings. The Morgan fingerprint density at radius 3 is 2.45 bits per heavy atom. The topological polar surface area (TPSA) is 86.7 Å². The molecule has 1 atom stereocenters. The summed E-state index contributed by atoms with van der Waals surface area (Å²) >= 11 is 0. The van der Waals surface area contributed by atoms with Crippen LogP contribution in [0.2, 0.25) is 0 Å². The number of likely N-dealkylation sites (tertiary alicyclic amines) is 1. The van der Waals surface area contributed by atoms with Crippen LogP contribution in [0.3, 0.4) is 0 Å². The molecule has 0 bridgehead atoms. The first kappa shape index (κ1) is 14.8. The molecule has 1 aliphatic heterocycles. The Kier molecular flexibility index (Phi) is 4.01. The van der Waals surface area contributed by atoms with Crippen LogP contribution in [0.5, 0.6) is 0 Å². The van der Waals surface area contributed by atoms with Crippen molar-refractivity contribution in [1.82, 2.24) is 10.2 Å². The highest BCUT2D eigenvalue weighted by Gasteiger charge is 2.40. The summed E-state index contributed by atoms with van der Waals surface area (Å²) in [5.41, 5.74) is -1.30. The number of carbonyl (C=O) groups is 3. The van der Waals surface area contributed by atoms with Gasteiger partial charge in [0.15, 0.2) is 0 Å². The number of carboxylic acid groups (broad SMARTS) is 1. The molecule has 0 aromatic rings. The minimum atomic E-state index is -1.30. The van der Waals surface area contributed by atoms with Crippen molar-refractivity contribution in [3.8, 4) is 0 Å². The van der Waals surface area contributed by atoms with E-state index in [9.17, 15) is 14.4 Å². The summed E-state index contributed by atoms with van der Waals surface area (Å²) in [6.45, 7) is 3.31. The summed E-state index contributed by atoms with van der Waals surface area (Å²) < 4.78 is 0. The zero-order valence-electron chi connectivity index (χ0n) is 12.0. The van der Waals surface area contributed by atoms with Crippen LogP contribution in [0.4, 0.5) is 0 Å². The lowest BCUT2D eigenvalue weighted by atomic mass is 10.0. The van der Waals surface area contributed by atoms with Crippen molar-refractivity contribution in [3.63, 3.8) is 0 Å². The van der Waals surface area contributed by atoms with Gasteiger partial charge in [0, 0.05) is 19.0 Å². The first-order valence-corrected chi connectivity index (χ1v) is 7.16. The number of carbonyl (C=O) groups excluding carboxylic acids is 2. The van der Waals surface area contributed by atoms with Crippen molar-refractivity contribution in [2.75, 3.05) is 6.54 Å². The number of hydrogen-bond donors (Lipinski definition) is 2. The van der Waals surface area contributed by atoms with Gasteiger partial charge in [0.05, 0.1) is 5.92 Å². The summed E-state index contributed by atoms with van der Waals surface area (Å²) in [5, 5.41) is 11.5. The lowest BCUT2D eigenvalue weighted by molar-refractivity contribution is -0.146. The molecule has 0 aromatic heterocycles. The number of aliphatic carboxylic acids is 1. The van der Waals surface area contributed by atoms with E-state index < -0.39 is 17.4 Å². The van der Waals surface area contributed by atoms with Gasteiger partial charge in [-0.25, -0.2) is 4.79 Å². The van der Waals surface area contributed by atoms with Crippen LogP contribution in [0.1, 0.15) is 46.0 Å². The summed E-state index contributed by atoms with van der Waals surface area (Å²) in [7, 11) is 0. The molecular formula is C14H22N2O4. The van der Waals surface area contributed by atoms with E-state index in [0.717, 1.165) is 25.7 Å². The third-order valence-electron chi connectivity index (χ3n) is 4.27. The van der Waals surface area contributed by atoms with Gasteiger partial charge in [-0.3, -0.25) is 9.59 Å². The zero-order valence-corrected chi connectivity index (χ0v) is 12.0. The molecule has 2 amide bonds. The number of hydrogen-bond acceptors (Lipinski definition) is 3. The summed E-state index contributed by atoms with van der Waals surface area (Å²) in [5.74, 6) is -1.83. The van der Waals surface area contributed by atoms with E-state index in [4.69, 9.17) is 5.11 Å². The summed E-state index contributed by atoms with van der Waals surface area (Å²) in [6, 6.07) is 0.271. The highest BCUT2D eigenvalue weighted by Crippen LogP contribution is 2.29. The number of carboxylic acids is 1. The fourth-order valence-electron chi connectivity index (χ4n) is 2.94. The quantitative estimate of drug-likeness (QED) is 0.797. The van der Waals surface area contributed by atoms with E-state index in [2.05, 4.69) is 5.32 Å². The summed E-state index contributed by atoms with van der Waals surface area (Å²) in [6.07, 6.45) is 4.49. The molecule has 0 radical (unpaired) electrons. The van der Waals surface area contributed by atoms with Crippen molar-refractivity contribution in [1.29, 1.82) is 0 Å². The Morgan fingerprint density at radius 2 is 1.90 bits per heavy atom. The number of amides is 2. The molecule has 20 heavy (non-hydrogen) atoms. The van der Waals surface area contributed by atoms with Crippen molar-refractivity contribution in [2.45, 2.75) is 57.5 Å². The SMILES string of the molecule is CC(C)(NC(=O)[C@H]1CC(=O)N(C2CCCC2)C1)C(=O)O. The Hall–Kier alpha value is -1.59. The smallest absolute Gasteiger partial charge is 0.328 e. The van der Waals surface area contributed by atoms with Crippen molar-refractivity contribution in [3.05, 3.63) is 0 Å². The van der Waals surface area contributed by atoms with Crippen molar-refractivity contribution < 1.29 is 19.5 Å². The minimum absolute atomic E-state index is 0.0187. The van der Waals surface area contributed by atoms with Gasteiger partial charge in [0.25, 0.3) is 0 Å². The first-order chi connectivity index (χ1) is 9.31. The summed E-state index contributed by atoms with van der Waals surface area (Å²) in [4.78, 5) is 37.0. The molecule has 112 valence electrons. The average molecular weight is 282 g/mol. The minimum Gasteiger partial charge on any atom is -0.480 e. The largest absolute Gasteiger partial charge is 0.480 e. The van der Waals surface area contributed by atoms with Gasteiger partial charge >= 0.3 is 5.97 Å². The van der Waals surface area contributed by atoms with E-state index in [1.54, 1.807) is 0 Å². The molecule has 1 saturated heterocycles. The van der Waals surface area contributed by atoms with E-state index >= 15 is 0 Å². The second-order valence-corrected chi connectivity index (χ2v) is 6.30. The molecule has 2 N–H and O–H groups in total. The van der Waals surface area contributed by atoms with E-state index in [1.807, 2.05) is 4.90 Å². The van der Waals surface area contributed by atoms with Gasteiger partial charge in [-0.15, -0.1) is 0 Å². The third-order valence-corrected chi connectivity index (χ3v) is 4.27. The number of rotatable bonds is 4. The van der Waals surface area contributed by atoms with Gasteiger partial charge in [0.1, 0.15) is 5.54 Å². The van der Waals surface area contributed by atoms with Gasteiger partial charge in [-0.2, -0.15) is 0 Å². The lowest BCUT2D eigenvalue weighted by Gasteiger charge is -2.25. The Labute approximate surface area is 118 Å². The highest BCUT2D eigenvalue weighted by molar-refractivity contribution is 5.92. The van der Waals surface area contributed by atoms with Crippen LogP contribution >= 0.6 is 0 Å². The standard InChI is InChI=1S/C14H22N2O4/c1-14(2,13(19)20)15-12(18)9-7-11(17)16(8-9)10-5-3-4-6-10/h9-10H,3-8H2,1-2H3,(H,15,18)(H,19,20)/t9-/m0/s1. The predicted molar refractivity (Wildman–Crippen MR) is 71.9 cm³/mol. The van der Waals surface area contributed by atoms with Crippen LogP contribution in [0, 0.1) is 5.92 Å². The molecule has 1 heterocycles. The second kappa shape index (κ2) is 5.42. The maximum atomic E-state index is 12.1. The molecule has 1 saturated carbocycles. The lowest BCUT2D eigenvalue weighted by Crippen LogP contribution is -2.52. The zero-order chi connectivity index (χ0) is 14.9. The van der Waals surface area contributed by atoms with Crippen LogP contribution in [0.25, 0.3) is 0 Å². The highest BCUT2D eigenvalue weighted by atomic mass is 16.4. The van der Waals surface area contributed by atoms with Crippen LogP contribution in [0.15, 0.2) is 0 Å². The molecule has 2 fully saturated rings. The maximum Gasteiger partial charge on any atom is 0.328 e. The fraction of sp³-hybridized carbons (Fsp3) is 0.786. The molecule has 2 rings (SSSR count). The van der Waals surface area contributed by atoms with E-state index in [0.29, 0.717) is 6.54 Å².